The van der Waals surface area contributed by atoms with Gasteiger partial charge in [-0.15, -0.1) is 13.2 Å². The van der Waals surface area contributed by atoms with E-state index in [4.69, 9.17) is 5.73 Å². The first kappa shape index (κ1) is 15.4. The highest BCUT2D eigenvalue weighted by Gasteiger charge is 2.36. The van der Waals surface area contributed by atoms with Crippen molar-refractivity contribution >= 4 is 11.4 Å². The quantitative estimate of drug-likeness (QED) is 0.510. The van der Waals surface area contributed by atoms with Crippen LogP contribution < -0.4 is 16.3 Å². The predicted molar refractivity (Wildman–Crippen MR) is 54.5 cm³/mol. The van der Waals surface area contributed by atoms with Gasteiger partial charge in [0.05, 0.1) is 11.3 Å². The molecule has 0 spiro atoms. The van der Waals surface area contributed by atoms with Gasteiger partial charge in [0.1, 0.15) is 5.69 Å². The SMILES string of the molecule is CNN(OC(F)(F)F)c1cc(C(F)(F)F)ccc1N. The summed E-state index contributed by atoms with van der Waals surface area (Å²) in [6.07, 6.45) is -9.79. The number of nitrogens with one attached hydrogen (secondary N) is 1. The standard InChI is InChI=1S/C9H9F6N3O/c1-17-18(19-9(13,14)15)7-4-5(8(10,11)12)2-3-6(7)16/h2-4,17H,16H2,1H3. The van der Waals surface area contributed by atoms with Crippen molar-refractivity contribution in [1.29, 1.82) is 0 Å². The Labute approximate surface area is 103 Å². The molecule has 0 fully saturated rings. The second-order valence-electron chi connectivity index (χ2n) is 3.33. The number of anilines is 2. The normalized spacial score (nSPS) is 12.6. The fourth-order valence-corrected chi connectivity index (χ4v) is 1.21. The zero-order valence-electron chi connectivity index (χ0n) is 9.43. The number of nitrogens with zero attached hydrogens (tertiary/aromatic N) is 1. The lowest BCUT2D eigenvalue weighted by atomic mass is 10.1. The molecule has 3 N–H and O–H groups in total. The van der Waals surface area contributed by atoms with Crippen LogP contribution in [-0.4, -0.2) is 13.4 Å². The summed E-state index contributed by atoms with van der Waals surface area (Å²) in [6.45, 7) is 0. The largest absolute Gasteiger partial charge is 0.545 e. The summed E-state index contributed by atoms with van der Waals surface area (Å²) in [5.74, 6) is 0. The second kappa shape index (κ2) is 5.13. The van der Waals surface area contributed by atoms with E-state index >= 15 is 0 Å². The van der Waals surface area contributed by atoms with Gasteiger partial charge < -0.3 is 5.73 Å². The Bertz CT molecular complexity index is 445. The third-order valence-electron chi connectivity index (χ3n) is 1.97. The van der Waals surface area contributed by atoms with Crippen LogP contribution in [0.5, 0.6) is 0 Å². The number of nitrogen functional groups attached to an aromatic ring is 1. The highest BCUT2D eigenvalue weighted by atomic mass is 19.4. The summed E-state index contributed by atoms with van der Waals surface area (Å²) in [5, 5.41) is 0.00454. The van der Waals surface area contributed by atoms with Gasteiger partial charge in [-0.2, -0.15) is 23.2 Å². The van der Waals surface area contributed by atoms with Crippen molar-refractivity contribution in [3.63, 3.8) is 0 Å². The lowest BCUT2D eigenvalue weighted by Gasteiger charge is -2.25. The van der Waals surface area contributed by atoms with Crippen LogP contribution in [0.25, 0.3) is 0 Å². The maximum atomic E-state index is 12.5. The van der Waals surface area contributed by atoms with Crippen LogP contribution in [-0.2, 0) is 11.0 Å². The topological polar surface area (TPSA) is 50.5 Å². The third kappa shape index (κ3) is 4.17. The van der Waals surface area contributed by atoms with E-state index in [-0.39, 0.29) is 10.9 Å². The fraction of sp³-hybridized carbons (Fsp3) is 0.333. The van der Waals surface area contributed by atoms with E-state index in [1.807, 2.05) is 5.43 Å². The first-order chi connectivity index (χ1) is 8.54. The van der Waals surface area contributed by atoms with Crippen LogP contribution in [0.3, 0.4) is 0 Å². The summed E-state index contributed by atoms with van der Waals surface area (Å²) < 4.78 is 73.6. The van der Waals surface area contributed by atoms with Gasteiger partial charge in [-0.3, -0.25) is 0 Å². The van der Waals surface area contributed by atoms with Crippen LogP contribution in [0.4, 0.5) is 37.7 Å². The zero-order valence-corrected chi connectivity index (χ0v) is 9.43. The van der Waals surface area contributed by atoms with Crippen molar-refractivity contribution in [2.45, 2.75) is 12.5 Å². The van der Waals surface area contributed by atoms with Crippen LogP contribution in [0.1, 0.15) is 5.56 Å². The smallest absolute Gasteiger partial charge is 0.397 e. The molecule has 0 saturated carbocycles. The Morgan fingerprint density at radius 2 is 1.74 bits per heavy atom. The maximum absolute atomic E-state index is 12.5. The van der Waals surface area contributed by atoms with Gasteiger partial charge in [-0.05, 0) is 18.2 Å². The van der Waals surface area contributed by atoms with Crippen LogP contribution in [0, 0.1) is 0 Å². The van der Waals surface area contributed by atoms with Gasteiger partial charge in [0.15, 0.2) is 0 Å². The number of hydrogen-bond donors (Lipinski definition) is 2. The van der Waals surface area contributed by atoms with Crippen LogP contribution in [0.2, 0.25) is 0 Å². The molecular formula is C9H9F6N3O. The molecule has 0 aliphatic heterocycles. The molecule has 4 nitrogen and oxygen atoms in total. The van der Waals surface area contributed by atoms with E-state index < -0.39 is 23.8 Å². The average Bonchev–Trinajstić information content (AvgIpc) is 2.24. The van der Waals surface area contributed by atoms with Crippen molar-refractivity contribution in [1.82, 2.24) is 5.43 Å². The molecule has 0 radical (unpaired) electrons. The van der Waals surface area contributed by atoms with E-state index in [0.29, 0.717) is 12.1 Å². The van der Waals surface area contributed by atoms with Crippen molar-refractivity contribution in [2.24, 2.45) is 0 Å². The highest BCUT2D eigenvalue weighted by Crippen LogP contribution is 2.35. The van der Waals surface area contributed by atoms with Gasteiger partial charge in [0.2, 0.25) is 0 Å². The number of hydrazine groups is 1. The molecule has 1 aromatic rings. The van der Waals surface area contributed by atoms with Crippen molar-refractivity contribution < 1.29 is 31.2 Å². The van der Waals surface area contributed by atoms with Crippen molar-refractivity contribution in [3.8, 4) is 0 Å². The van der Waals surface area contributed by atoms with Gasteiger partial charge in [0, 0.05) is 7.05 Å². The summed E-state index contributed by atoms with van der Waals surface area (Å²) in [6, 6.07) is 1.93. The van der Waals surface area contributed by atoms with Gasteiger partial charge >= 0.3 is 12.5 Å². The van der Waals surface area contributed by atoms with E-state index in [2.05, 4.69) is 4.84 Å². The number of alkyl halides is 6. The minimum atomic E-state index is -5.08. The Morgan fingerprint density at radius 3 is 2.16 bits per heavy atom. The van der Waals surface area contributed by atoms with E-state index in [1.165, 1.54) is 0 Å². The third-order valence-corrected chi connectivity index (χ3v) is 1.97. The molecule has 108 valence electrons. The number of halogens is 6. The van der Waals surface area contributed by atoms with Crippen LogP contribution >= 0.6 is 0 Å². The number of benzene rings is 1. The molecule has 0 unspecified atom stereocenters. The molecule has 0 bridgehead atoms. The number of nitrogens with two attached hydrogens (primary N) is 1. The van der Waals surface area contributed by atoms with Crippen molar-refractivity contribution in [2.75, 3.05) is 18.0 Å². The number of hydrogen-bond acceptors (Lipinski definition) is 4. The average molecular weight is 289 g/mol. The summed E-state index contributed by atoms with van der Waals surface area (Å²) in [7, 11) is 1.03. The first-order valence-electron chi connectivity index (χ1n) is 4.74. The molecular weight excluding hydrogens is 280 g/mol. The van der Waals surface area contributed by atoms with E-state index in [1.54, 1.807) is 0 Å². The van der Waals surface area contributed by atoms with Gasteiger partial charge in [-0.1, -0.05) is 0 Å². The second-order valence-corrected chi connectivity index (χ2v) is 3.33. The monoisotopic (exact) mass is 289 g/mol. The van der Waals surface area contributed by atoms with E-state index in [0.717, 1.165) is 13.1 Å². The maximum Gasteiger partial charge on any atom is 0.545 e. The number of rotatable bonds is 3. The minimum Gasteiger partial charge on any atom is -0.397 e. The molecule has 0 atom stereocenters. The molecule has 0 amide bonds. The summed E-state index contributed by atoms with van der Waals surface area (Å²) in [5.41, 5.74) is 5.20. The molecule has 0 aliphatic rings. The zero-order chi connectivity index (χ0) is 14.8. The van der Waals surface area contributed by atoms with E-state index in [9.17, 15) is 26.3 Å². The predicted octanol–water partition coefficient (Wildman–Crippen LogP) is 2.68. The Hall–Kier alpha value is -1.68. The van der Waals surface area contributed by atoms with Gasteiger partial charge in [0.25, 0.3) is 0 Å². The molecule has 0 heterocycles. The van der Waals surface area contributed by atoms with Crippen molar-refractivity contribution in [3.05, 3.63) is 23.8 Å². The molecule has 1 rings (SSSR count). The first-order valence-corrected chi connectivity index (χ1v) is 4.74. The molecule has 19 heavy (non-hydrogen) atoms. The summed E-state index contributed by atoms with van der Waals surface area (Å²) in [4.78, 5) is 3.50. The molecule has 1 aromatic carbocycles. The Balaban J connectivity index is 3.16. The molecule has 10 heteroatoms. The molecule has 0 aliphatic carbocycles. The minimum absolute atomic E-state index is 0.00454. The lowest BCUT2D eigenvalue weighted by Crippen LogP contribution is -2.40. The Kier molecular flexibility index (Phi) is 4.15. The highest BCUT2D eigenvalue weighted by molar-refractivity contribution is 5.67. The van der Waals surface area contributed by atoms with Gasteiger partial charge in [-0.25, -0.2) is 5.43 Å². The molecule has 0 saturated heterocycles. The lowest BCUT2D eigenvalue weighted by molar-refractivity contribution is -0.333. The van der Waals surface area contributed by atoms with Crippen LogP contribution in [0.15, 0.2) is 18.2 Å². The fourth-order valence-electron chi connectivity index (χ4n) is 1.21. The molecule has 0 aromatic heterocycles. The summed E-state index contributed by atoms with van der Waals surface area (Å²) >= 11 is 0. The Morgan fingerprint density at radius 1 is 1.16 bits per heavy atom.